The van der Waals surface area contributed by atoms with Gasteiger partial charge in [-0.2, -0.15) is 18.3 Å². The molecule has 0 bridgehead atoms. The molecule has 1 aromatic carbocycles. The highest BCUT2D eigenvalue weighted by Crippen LogP contribution is 2.33. The molecule has 1 unspecified atom stereocenters. The Balaban J connectivity index is 1.91. The summed E-state index contributed by atoms with van der Waals surface area (Å²) in [5.74, 6) is -1.07. The molecule has 1 aliphatic heterocycles. The van der Waals surface area contributed by atoms with Gasteiger partial charge in [0, 0.05) is 31.0 Å². The van der Waals surface area contributed by atoms with Crippen LogP contribution < -0.4 is 5.32 Å². The van der Waals surface area contributed by atoms with Gasteiger partial charge in [-0.15, -0.1) is 0 Å². The summed E-state index contributed by atoms with van der Waals surface area (Å²) in [5, 5.41) is 6.13. The number of carbonyl (C=O) groups excluding carboxylic acids is 1. The summed E-state index contributed by atoms with van der Waals surface area (Å²) < 4.78 is 70.0. The van der Waals surface area contributed by atoms with Crippen LogP contribution in [-0.2, 0) is 27.3 Å². The van der Waals surface area contributed by atoms with Crippen molar-refractivity contribution in [3.05, 3.63) is 41.7 Å². The van der Waals surface area contributed by atoms with Crippen LogP contribution >= 0.6 is 0 Å². The number of ether oxygens (including phenoxy) is 1. The molecule has 7 nitrogen and oxygen atoms in total. The molecule has 1 aliphatic rings. The van der Waals surface area contributed by atoms with E-state index in [0.717, 1.165) is 23.8 Å². The fraction of sp³-hybridized carbons (Fsp3) is 0.444. The van der Waals surface area contributed by atoms with Crippen molar-refractivity contribution >= 4 is 21.4 Å². The Labute approximate surface area is 165 Å². The normalized spacial score (nSPS) is 17.9. The van der Waals surface area contributed by atoms with E-state index in [9.17, 15) is 26.4 Å². The number of anilines is 1. The molecule has 0 spiro atoms. The van der Waals surface area contributed by atoms with Gasteiger partial charge in [0.2, 0.25) is 0 Å². The quantitative estimate of drug-likeness (QED) is 0.786. The molecule has 1 aromatic heterocycles. The van der Waals surface area contributed by atoms with Gasteiger partial charge in [-0.3, -0.25) is 9.48 Å². The number of sulfone groups is 1. The number of benzene rings is 1. The Hall–Kier alpha value is -2.40. The number of nitrogens with zero attached hydrogens (tertiary/aromatic N) is 2. The van der Waals surface area contributed by atoms with Crippen LogP contribution in [0, 0.1) is 5.92 Å². The van der Waals surface area contributed by atoms with Crippen molar-refractivity contribution in [2.75, 3.05) is 24.8 Å². The number of hydrogen-bond donors (Lipinski definition) is 1. The van der Waals surface area contributed by atoms with Gasteiger partial charge in [0.15, 0.2) is 9.84 Å². The molecule has 1 fully saturated rings. The lowest BCUT2D eigenvalue weighted by molar-refractivity contribution is -0.138. The largest absolute Gasteiger partial charge is 0.420 e. The van der Waals surface area contributed by atoms with Crippen LogP contribution in [0.1, 0.15) is 28.9 Å². The molecule has 1 saturated heterocycles. The molecule has 3 rings (SSSR count). The number of carbonyl (C=O) groups is 1. The lowest BCUT2D eigenvalue weighted by Crippen LogP contribution is -2.27. The molecule has 0 aliphatic carbocycles. The standard InChI is InChI=1S/C18H20F3N3O4S/c1-29(26,27)14-6-2-5-13(8-14)23-17(25)16-15(18(19,20)21)9-22-24(16)10-12-4-3-7-28-11-12/h2,5-6,8-9,12H,3-4,7,10-11H2,1H3,(H,23,25). The number of aromatic nitrogens is 2. The summed E-state index contributed by atoms with van der Waals surface area (Å²) in [6.45, 7) is 1.11. The molecule has 2 heterocycles. The number of nitrogens with one attached hydrogen (secondary N) is 1. The van der Waals surface area contributed by atoms with E-state index in [1.807, 2.05) is 0 Å². The van der Waals surface area contributed by atoms with Crippen LogP contribution in [0.25, 0.3) is 0 Å². The SMILES string of the molecule is CS(=O)(=O)c1cccc(NC(=O)c2c(C(F)(F)F)cnn2CC2CCCOC2)c1. The Kier molecular flexibility index (Phi) is 5.99. The zero-order chi connectivity index (χ0) is 21.2. The van der Waals surface area contributed by atoms with Gasteiger partial charge in [-0.25, -0.2) is 8.42 Å². The molecule has 158 valence electrons. The summed E-state index contributed by atoms with van der Waals surface area (Å²) in [5.41, 5.74) is -1.70. The van der Waals surface area contributed by atoms with Crippen LogP contribution in [0.2, 0.25) is 0 Å². The third-order valence-corrected chi connectivity index (χ3v) is 5.68. The van der Waals surface area contributed by atoms with Gasteiger partial charge in [0.1, 0.15) is 11.3 Å². The van der Waals surface area contributed by atoms with E-state index >= 15 is 0 Å². The Morgan fingerprint density at radius 3 is 2.76 bits per heavy atom. The van der Waals surface area contributed by atoms with Crippen LogP contribution in [0.5, 0.6) is 0 Å². The highest BCUT2D eigenvalue weighted by atomic mass is 32.2. The van der Waals surface area contributed by atoms with Gasteiger partial charge in [0.05, 0.1) is 17.7 Å². The first-order chi connectivity index (χ1) is 13.6. The van der Waals surface area contributed by atoms with Gasteiger partial charge < -0.3 is 10.1 Å². The summed E-state index contributed by atoms with van der Waals surface area (Å²) >= 11 is 0. The second kappa shape index (κ2) is 8.15. The van der Waals surface area contributed by atoms with Crippen molar-refractivity contribution in [3.8, 4) is 0 Å². The average molecular weight is 431 g/mol. The van der Waals surface area contributed by atoms with Gasteiger partial charge in [0.25, 0.3) is 5.91 Å². The maximum absolute atomic E-state index is 13.4. The smallest absolute Gasteiger partial charge is 0.381 e. The Bertz CT molecular complexity index is 996. The number of hydrogen-bond acceptors (Lipinski definition) is 5. The molecule has 1 N–H and O–H groups in total. The molecule has 29 heavy (non-hydrogen) atoms. The number of amides is 1. The van der Waals surface area contributed by atoms with E-state index in [1.165, 1.54) is 24.3 Å². The average Bonchev–Trinajstić information content (AvgIpc) is 3.06. The van der Waals surface area contributed by atoms with Crippen LogP contribution in [0.3, 0.4) is 0 Å². The molecule has 0 saturated carbocycles. The maximum atomic E-state index is 13.4. The first kappa shape index (κ1) is 21.3. The fourth-order valence-corrected chi connectivity index (χ4v) is 3.83. The molecule has 0 radical (unpaired) electrons. The van der Waals surface area contributed by atoms with Gasteiger partial charge >= 0.3 is 6.18 Å². The van der Waals surface area contributed by atoms with Crippen LogP contribution in [0.15, 0.2) is 35.4 Å². The van der Waals surface area contributed by atoms with Crippen molar-refractivity contribution in [1.29, 1.82) is 0 Å². The predicted octanol–water partition coefficient (Wildman–Crippen LogP) is 2.98. The van der Waals surface area contributed by atoms with E-state index in [1.54, 1.807) is 0 Å². The van der Waals surface area contributed by atoms with E-state index in [0.29, 0.717) is 19.4 Å². The van der Waals surface area contributed by atoms with Crippen molar-refractivity contribution in [3.63, 3.8) is 0 Å². The minimum absolute atomic E-state index is 0.0511. The van der Waals surface area contributed by atoms with Crippen molar-refractivity contribution < 1.29 is 31.1 Å². The molecular weight excluding hydrogens is 411 g/mol. The first-order valence-electron chi connectivity index (χ1n) is 8.88. The molecule has 2 aromatic rings. The predicted molar refractivity (Wildman–Crippen MR) is 98.3 cm³/mol. The Morgan fingerprint density at radius 2 is 2.14 bits per heavy atom. The van der Waals surface area contributed by atoms with E-state index in [2.05, 4.69) is 10.4 Å². The topological polar surface area (TPSA) is 90.3 Å². The van der Waals surface area contributed by atoms with Gasteiger partial charge in [-0.05, 0) is 31.0 Å². The van der Waals surface area contributed by atoms with Crippen LogP contribution in [0.4, 0.5) is 18.9 Å². The lowest BCUT2D eigenvalue weighted by Gasteiger charge is -2.22. The highest BCUT2D eigenvalue weighted by molar-refractivity contribution is 7.90. The third kappa shape index (κ3) is 5.15. The first-order valence-corrected chi connectivity index (χ1v) is 10.8. The fourth-order valence-electron chi connectivity index (χ4n) is 3.16. The third-order valence-electron chi connectivity index (χ3n) is 4.57. The number of rotatable bonds is 5. The van der Waals surface area contributed by atoms with Crippen LogP contribution in [-0.4, -0.2) is 43.6 Å². The monoisotopic (exact) mass is 431 g/mol. The van der Waals surface area contributed by atoms with Crippen molar-refractivity contribution in [2.45, 2.75) is 30.5 Å². The summed E-state index contributed by atoms with van der Waals surface area (Å²) in [4.78, 5) is 12.7. The molecule has 11 heteroatoms. The summed E-state index contributed by atoms with van der Waals surface area (Å²) in [7, 11) is -3.54. The Morgan fingerprint density at radius 1 is 1.38 bits per heavy atom. The van der Waals surface area contributed by atoms with E-state index in [-0.39, 0.29) is 23.0 Å². The van der Waals surface area contributed by atoms with Crippen molar-refractivity contribution in [2.24, 2.45) is 5.92 Å². The molecule has 1 atom stereocenters. The maximum Gasteiger partial charge on any atom is 0.420 e. The molecule has 1 amide bonds. The van der Waals surface area contributed by atoms with Gasteiger partial charge in [-0.1, -0.05) is 6.07 Å². The zero-order valence-electron chi connectivity index (χ0n) is 15.6. The van der Waals surface area contributed by atoms with E-state index < -0.39 is 33.2 Å². The summed E-state index contributed by atoms with van der Waals surface area (Å²) in [6, 6.07) is 5.32. The minimum Gasteiger partial charge on any atom is -0.381 e. The van der Waals surface area contributed by atoms with Crippen molar-refractivity contribution in [1.82, 2.24) is 9.78 Å². The zero-order valence-corrected chi connectivity index (χ0v) is 16.4. The minimum atomic E-state index is -4.76. The number of halogens is 3. The second-order valence-corrected chi connectivity index (χ2v) is 8.94. The molecular formula is C18H20F3N3O4S. The lowest BCUT2D eigenvalue weighted by atomic mass is 10.0. The summed E-state index contributed by atoms with van der Waals surface area (Å²) in [6.07, 6.45) is -1.58. The highest BCUT2D eigenvalue weighted by Gasteiger charge is 2.39. The number of alkyl halides is 3. The van der Waals surface area contributed by atoms with E-state index in [4.69, 9.17) is 4.74 Å². The second-order valence-electron chi connectivity index (χ2n) is 6.92.